The van der Waals surface area contributed by atoms with E-state index in [2.05, 4.69) is 0 Å². The molecule has 0 saturated carbocycles. The van der Waals surface area contributed by atoms with Crippen molar-refractivity contribution in [3.05, 3.63) is 23.8 Å². The quantitative estimate of drug-likeness (QED) is 0.911. The third-order valence-corrected chi connectivity index (χ3v) is 6.53. The normalized spacial score (nSPS) is 23.9. The average molecular weight is 310 g/mol. The maximum Gasteiger partial charge on any atom is 0.304 e. The van der Waals surface area contributed by atoms with Crippen molar-refractivity contribution in [3.8, 4) is 5.75 Å². The number of hydrogen-bond donors (Lipinski definition) is 1. The average Bonchev–Trinajstić information content (AvgIpc) is 2.47. The van der Waals surface area contributed by atoms with E-state index in [1.165, 1.54) is 4.31 Å². The number of anilines is 1. The number of benzene rings is 1. The van der Waals surface area contributed by atoms with Crippen molar-refractivity contribution in [2.24, 2.45) is 0 Å². The summed E-state index contributed by atoms with van der Waals surface area (Å²) >= 11 is 0. The second kappa shape index (κ2) is 5.50. The van der Waals surface area contributed by atoms with E-state index in [-0.39, 0.29) is 11.8 Å². The minimum Gasteiger partial charge on any atom is -0.506 e. The predicted molar refractivity (Wildman–Crippen MR) is 82.7 cm³/mol. The minimum absolute atomic E-state index is 0.0278. The van der Waals surface area contributed by atoms with Crippen LogP contribution in [0.15, 0.2) is 18.2 Å². The topological polar surface area (TPSA) is 60.9 Å². The third-order valence-electron chi connectivity index (χ3n) is 4.47. The van der Waals surface area contributed by atoms with Gasteiger partial charge in [0.05, 0.1) is 5.69 Å². The molecule has 1 aromatic rings. The van der Waals surface area contributed by atoms with Crippen molar-refractivity contribution in [2.75, 3.05) is 17.4 Å². The monoisotopic (exact) mass is 310 g/mol. The molecule has 5 nitrogen and oxygen atoms in total. The van der Waals surface area contributed by atoms with E-state index in [0.29, 0.717) is 18.8 Å². The summed E-state index contributed by atoms with van der Waals surface area (Å²) in [6.07, 6.45) is 4.49. The first-order valence-electron chi connectivity index (χ1n) is 7.62. The van der Waals surface area contributed by atoms with Gasteiger partial charge in [-0.2, -0.15) is 12.7 Å². The number of piperidine rings is 1. The smallest absolute Gasteiger partial charge is 0.304 e. The van der Waals surface area contributed by atoms with Crippen LogP contribution in [0, 0.1) is 0 Å². The molecule has 0 aromatic heterocycles. The number of fused-ring (bicyclic) bond motifs is 1. The summed E-state index contributed by atoms with van der Waals surface area (Å²) < 4.78 is 29.0. The van der Waals surface area contributed by atoms with Crippen LogP contribution >= 0.6 is 0 Å². The van der Waals surface area contributed by atoms with Crippen LogP contribution in [0.1, 0.15) is 38.2 Å². The van der Waals surface area contributed by atoms with Crippen LogP contribution < -0.4 is 4.31 Å². The van der Waals surface area contributed by atoms with Crippen LogP contribution in [-0.4, -0.2) is 37.0 Å². The lowest BCUT2D eigenvalue weighted by Gasteiger charge is -2.39. The fraction of sp³-hybridized carbons (Fsp3) is 0.600. The van der Waals surface area contributed by atoms with E-state index in [9.17, 15) is 13.5 Å². The molecule has 0 spiro atoms. The molecule has 1 atom stereocenters. The number of hydrogen-bond acceptors (Lipinski definition) is 3. The largest absolute Gasteiger partial charge is 0.506 e. The van der Waals surface area contributed by atoms with Crippen molar-refractivity contribution < 1.29 is 13.5 Å². The Bertz CT molecular complexity index is 630. The molecule has 1 aromatic carbocycles. The Labute approximate surface area is 126 Å². The van der Waals surface area contributed by atoms with E-state index >= 15 is 0 Å². The molecule has 1 N–H and O–H groups in total. The summed E-state index contributed by atoms with van der Waals surface area (Å²) in [5.74, 6) is 0.0560. The van der Waals surface area contributed by atoms with E-state index in [0.717, 1.165) is 37.7 Å². The summed E-state index contributed by atoms with van der Waals surface area (Å²) in [6.45, 7) is 2.98. The number of aromatic hydroxyl groups is 1. The van der Waals surface area contributed by atoms with Crippen molar-refractivity contribution in [1.82, 2.24) is 4.31 Å². The summed E-state index contributed by atoms with van der Waals surface area (Å²) in [6, 6.07) is 5.26. The Kier molecular flexibility index (Phi) is 3.84. The summed E-state index contributed by atoms with van der Waals surface area (Å²) in [5.41, 5.74) is 1.39. The van der Waals surface area contributed by atoms with Crippen molar-refractivity contribution in [2.45, 2.75) is 45.1 Å². The maximum absolute atomic E-state index is 13.0. The van der Waals surface area contributed by atoms with Gasteiger partial charge in [0.1, 0.15) is 5.75 Å². The van der Waals surface area contributed by atoms with E-state index in [1.54, 1.807) is 16.4 Å². The van der Waals surface area contributed by atoms with Crippen LogP contribution in [0.5, 0.6) is 5.75 Å². The molecule has 1 saturated heterocycles. The van der Waals surface area contributed by atoms with E-state index < -0.39 is 10.2 Å². The predicted octanol–water partition coefficient (Wildman–Crippen LogP) is 2.26. The number of nitrogens with zero attached hydrogens (tertiary/aromatic N) is 2. The lowest BCUT2D eigenvalue weighted by atomic mass is 10.0. The number of aryl methyl sites for hydroxylation is 1. The standard InChI is InChI=1S/C15H22N2O3S/c1-12-6-2-3-10-16(12)21(19,20)17-11-5-8-13-7-4-9-14(18)15(13)17/h4,7,9,12,18H,2-3,5-6,8,10-11H2,1H3. The van der Waals surface area contributed by atoms with Crippen LogP contribution in [0.25, 0.3) is 0 Å². The molecule has 116 valence electrons. The van der Waals surface area contributed by atoms with Gasteiger partial charge in [-0.1, -0.05) is 18.6 Å². The highest BCUT2D eigenvalue weighted by molar-refractivity contribution is 7.90. The van der Waals surface area contributed by atoms with Crippen LogP contribution in [-0.2, 0) is 16.6 Å². The van der Waals surface area contributed by atoms with Gasteiger partial charge >= 0.3 is 10.2 Å². The van der Waals surface area contributed by atoms with Gasteiger partial charge in [-0.15, -0.1) is 0 Å². The first kappa shape index (κ1) is 14.7. The molecule has 3 rings (SSSR count). The fourth-order valence-corrected chi connectivity index (χ4v) is 5.34. The number of para-hydroxylation sites is 1. The number of rotatable bonds is 2. The molecule has 2 aliphatic heterocycles. The van der Waals surface area contributed by atoms with Crippen molar-refractivity contribution >= 4 is 15.9 Å². The van der Waals surface area contributed by atoms with E-state index in [1.807, 2.05) is 13.0 Å². The van der Waals surface area contributed by atoms with Gasteiger partial charge in [-0.3, -0.25) is 4.31 Å². The molecule has 0 amide bonds. The molecule has 0 aliphatic carbocycles. The first-order valence-corrected chi connectivity index (χ1v) is 9.02. The molecule has 0 radical (unpaired) electrons. The van der Waals surface area contributed by atoms with Gasteiger partial charge in [0, 0.05) is 19.1 Å². The zero-order valence-corrected chi connectivity index (χ0v) is 13.1. The zero-order chi connectivity index (χ0) is 15.0. The highest BCUT2D eigenvalue weighted by atomic mass is 32.2. The molecule has 2 heterocycles. The summed E-state index contributed by atoms with van der Waals surface area (Å²) in [4.78, 5) is 0. The number of phenols is 1. The fourth-order valence-electron chi connectivity index (χ4n) is 3.36. The van der Waals surface area contributed by atoms with Crippen LogP contribution in [0.4, 0.5) is 5.69 Å². The molecule has 21 heavy (non-hydrogen) atoms. The Balaban J connectivity index is 2.01. The molecular formula is C15H22N2O3S. The van der Waals surface area contributed by atoms with Gasteiger partial charge in [0.15, 0.2) is 0 Å². The molecule has 0 bridgehead atoms. The Hall–Kier alpha value is -1.27. The van der Waals surface area contributed by atoms with Crippen molar-refractivity contribution in [1.29, 1.82) is 0 Å². The SMILES string of the molecule is CC1CCCCN1S(=O)(=O)N1CCCc2cccc(O)c21. The molecule has 2 aliphatic rings. The van der Waals surface area contributed by atoms with Crippen molar-refractivity contribution in [3.63, 3.8) is 0 Å². The van der Waals surface area contributed by atoms with Gasteiger partial charge in [0.25, 0.3) is 0 Å². The zero-order valence-electron chi connectivity index (χ0n) is 12.3. The highest BCUT2D eigenvalue weighted by Crippen LogP contribution is 2.38. The lowest BCUT2D eigenvalue weighted by Crippen LogP contribution is -2.51. The highest BCUT2D eigenvalue weighted by Gasteiger charge is 2.37. The molecule has 6 heteroatoms. The Morgan fingerprint density at radius 2 is 2.00 bits per heavy atom. The minimum atomic E-state index is -3.56. The number of phenolic OH excluding ortho intramolecular Hbond substituents is 1. The second-order valence-electron chi connectivity index (χ2n) is 5.92. The Morgan fingerprint density at radius 3 is 2.76 bits per heavy atom. The van der Waals surface area contributed by atoms with Gasteiger partial charge in [-0.05, 0) is 44.2 Å². The van der Waals surface area contributed by atoms with Gasteiger partial charge in [-0.25, -0.2) is 0 Å². The Morgan fingerprint density at radius 1 is 1.19 bits per heavy atom. The lowest BCUT2D eigenvalue weighted by molar-refractivity contribution is 0.267. The van der Waals surface area contributed by atoms with Crippen LogP contribution in [0.2, 0.25) is 0 Å². The van der Waals surface area contributed by atoms with Gasteiger partial charge in [0.2, 0.25) is 0 Å². The molecular weight excluding hydrogens is 288 g/mol. The van der Waals surface area contributed by atoms with Gasteiger partial charge < -0.3 is 5.11 Å². The first-order chi connectivity index (χ1) is 10.0. The summed E-state index contributed by atoms with van der Waals surface area (Å²) in [5, 5.41) is 10.1. The summed E-state index contributed by atoms with van der Waals surface area (Å²) in [7, 11) is -3.56. The van der Waals surface area contributed by atoms with E-state index in [4.69, 9.17) is 0 Å². The third kappa shape index (κ3) is 2.51. The molecule has 1 fully saturated rings. The maximum atomic E-state index is 13.0. The van der Waals surface area contributed by atoms with Crippen LogP contribution in [0.3, 0.4) is 0 Å². The molecule has 1 unspecified atom stereocenters. The second-order valence-corrected chi connectivity index (χ2v) is 7.73.